The van der Waals surface area contributed by atoms with Gasteiger partial charge in [-0.25, -0.2) is 14.8 Å². The molecule has 0 aliphatic carbocycles. The molecule has 0 amide bonds. The first-order valence-corrected chi connectivity index (χ1v) is 11.0. The highest BCUT2D eigenvalue weighted by Crippen LogP contribution is 2.24. The Morgan fingerprint density at radius 2 is 1.94 bits per heavy atom. The van der Waals surface area contributed by atoms with Crippen LogP contribution in [0.3, 0.4) is 0 Å². The molecular weight excluding hydrogens is 400 g/mol. The van der Waals surface area contributed by atoms with E-state index < -0.39 is 5.97 Å². The highest BCUT2D eigenvalue weighted by Gasteiger charge is 2.12. The lowest BCUT2D eigenvalue weighted by molar-refractivity contribution is 0.0695. The SMILES string of the molecule is CCCc1cc(-c2cc(NCCn3c(C)cc4c(C)cccc43)ncn2)ccc1C(=O)O. The van der Waals surface area contributed by atoms with E-state index in [-0.39, 0.29) is 0 Å². The summed E-state index contributed by atoms with van der Waals surface area (Å²) in [5.41, 5.74) is 6.62. The fraction of sp³-hybridized carbons (Fsp3) is 0.269. The molecule has 2 aromatic carbocycles. The van der Waals surface area contributed by atoms with Crippen LogP contribution in [0.15, 0.2) is 54.9 Å². The zero-order valence-electron chi connectivity index (χ0n) is 18.7. The fourth-order valence-electron chi connectivity index (χ4n) is 4.21. The number of carboxylic acid groups (broad SMARTS) is 1. The Hall–Kier alpha value is -3.67. The molecule has 0 fully saturated rings. The Balaban J connectivity index is 1.51. The van der Waals surface area contributed by atoms with Crippen LogP contribution in [0.1, 0.15) is 40.5 Å². The van der Waals surface area contributed by atoms with Crippen LogP contribution in [0.5, 0.6) is 0 Å². The molecule has 0 bridgehead atoms. The predicted octanol–water partition coefficient (Wildman–Crippen LogP) is 5.48. The molecule has 0 saturated carbocycles. The third-order valence-electron chi connectivity index (χ3n) is 5.83. The summed E-state index contributed by atoms with van der Waals surface area (Å²) in [6, 6.07) is 16.0. The van der Waals surface area contributed by atoms with Gasteiger partial charge in [-0.2, -0.15) is 0 Å². The Kier molecular flexibility index (Phi) is 6.21. The molecule has 0 aliphatic rings. The average molecular weight is 429 g/mol. The second kappa shape index (κ2) is 9.22. The summed E-state index contributed by atoms with van der Waals surface area (Å²) in [4.78, 5) is 20.3. The molecule has 6 nitrogen and oxygen atoms in total. The van der Waals surface area contributed by atoms with E-state index in [1.165, 1.54) is 22.2 Å². The molecule has 2 heterocycles. The molecular formula is C26H28N4O2. The highest BCUT2D eigenvalue weighted by molar-refractivity contribution is 5.90. The summed E-state index contributed by atoms with van der Waals surface area (Å²) in [5, 5.41) is 14.1. The van der Waals surface area contributed by atoms with Gasteiger partial charge in [0.15, 0.2) is 0 Å². The van der Waals surface area contributed by atoms with E-state index in [9.17, 15) is 9.90 Å². The van der Waals surface area contributed by atoms with E-state index in [4.69, 9.17) is 0 Å². The highest BCUT2D eigenvalue weighted by atomic mass is 16.4. The lowest BCUT2D eigenvalue weighted by Crippen LogP contribution is -2.12. The largest absolute Gasteiger partial charge is 0.478 e. The standard InChI is InChI=1S/C26H28N4O2/c1-4-6-19-14-20(9-10-21(19)26(31)32)23-15-25(29-16-28-23)27-11-12-30-18(3)13-22-17(2)7-5-8-24(22)30/h5,7-10,13-16H,4,6,11-12H2,1-3H3,(H,31,32)(H,27,28,29). The minimum atomic E-state index is -0.895. The maximum absolute atomic E-state index is 11.5. The van der Waals surface area contributed by atoms with Gasteiger partial charge >= 0.3 is 5.97 Å². The fourth-order valence-corrected chi connectivity index (χ4v) is 4.21. The molecule has 0 spiro atoms. The molecule has 0 radical (unpaired) electrons. The Bertz CT molecular complexity index is 1280. The van der Waals surface area contributed by atoms with E-state index >= 15 is 0 Å². The number of anilines is 1. The molecule has 2 aromatic heterocycles. The van der Waals surface area contributed by atoms with Crippen LogP contribution in [-0.2, 0) is 13.0 Å². The van der Waals surface area contributed by atoms with Crippen molar-refractivity contribution >= 4 is 22.7 Å². The number of benzene rings is 2. The van der Waals surface area contributed by atoms with Crippen molar-refractivity contribution in [3.05, 3.63) is 77.2 Å². The molecule has 0 saturated heterocycles. The van der Waals surface area contributed by atoms with Crippen LogP contribution in [0.2, 0.25) is 0 Å². The van der Waals surface area contributed by atoms with Crippen LogP contribution in [0.25, 0.3) is 22.2 Å². The van der Waals surface area contributed by atoms with Gasteiger partial charge in [0, 0.05) is 41.3 Å². The monoisotopic (exact) mass is 428 g/mol. The third-order valence-corrected chi connectivity index (χ3v) is 5.83. The van der Waals surface area contributed by atoms with Gasteiger partial charge < -0.3 is 15.0 Å². The van der Waals surface area contributed by atoms with E-state index in [0.717, 1.165) is 48.6 Å². The first kappa shape index (κ1) is 21.6. The summed E-state index contributed by atoms with van der Waals surface area (Å²) in [5.74, 6) is -0.146. The van der Waals surface area contributed by atoms with Crippen LogP contribution < -0.4 is 5.32 Å². The van der Waals surface area contributed by atoms with Crippen LogP contribution in [0.4, 0.5) is 5.82 Å². The molecule has 4 aromatic rings. The molecule has 164 valence electrons. The van der Waals surface area contributed by atoms with Crippen LogP contribution in [-0.4, -0.2) is 32.2 Å². The van der Waals surface area contributed by atoms with Crippen molar-refractivity contribution in [2.75, 3.05) is 11.9 Å². The zero-order valence-corrected chi connectivity index (χ0v) is 18.7. The Labute approximate surface area is 188 Å². The van der Waals surface area contributed by atoms with Crippen molar-refractivity contribution in [2.24, 2.45) is 0 Å². The lowest BCUT2D eigenvalue weighted by atomic mass is 9.99. The van der Waals surface area contributed by atoms with Gasteiger partial charge in [-0.3, -0.25) is 0 Å². The molecule has 0 atom stereocenters. The maximum atomic E-state index is 11.5. The molecule has 0 unspecified atom stereocenters. The van der Waals surface area contributed by atoms with Gasteiger partial charge in [0.05, 0.1) is 11.3 Å². The number of fused-ring (bicyclic) bond motifs is 1. The average Bonchev–Trinajstić information content (AvgIpc) is 3.11. The predicted molar refractivity (Wildman–Crippen MR) is 128 cm³/mol. The van der Waals surface area contributed by atoms with E-state index in [2.05, 4.69) is 58.0 Å². The van der Waals surface area contributed by atoms with Crippen molar-refractivity contribution in [3.63, 3.8) is 0 Å². The Morgan fingerprint density at radius 3 is 2.72 bits per heavy atom. The summed E-state index contributed by atoms with van der Waals surface area (Å²) in [6.07, 6.45) is 3.14. The topological polar surface area (TPSA) is 80.0 Å². The normalized spacial score (nSPS) is 11.1. The van der Waals surface area contributed by atoms with Crippen molar-refractivity contribution in [3.8, 4) is 11.3 Å². The van der Waals surface area contributed by atoms with Gasteiger partial charge in [-0.15, -0.1) is 0 Å². The van der Waals surface area contributed by atoms with Crippen LogP contribution in [0, 0.1) is 13.8 Å². The number of nitrogens with zero attached hydrogens (tertiary/aromatic N) is 3. The first-order valence-electron chi connectivity index (χ1n) is 11.0. The van der Waals surface area contributed by atoms with Crippen molar-refractivity contribution in [1.82, 2.24) is 14.5 Å². The van der Waals surface area contributed by atoms with Crippen LogP contribution >= 0.6 is 0 Å². The summed E-state index contributed by atoms with van der Waals surface area (Å²) >= 11 is 0. The molecule has 0 aliphatic heterocycles. The third kappa shape index (κ3) is 4.35. The van der Waals surface area contributed by atoms with Gasteiger partial charge in [-0.05, 0) is 55.7 Å². The van der Waals surface area contributed by atoms with E-state index in [1.807, 2.05) is 25.1 Å². The summed E-state index contributed by atoms with van der Waals surface area (Å²) < 4.78 is 2.32. The Morgan fingerprint density at radius 1 is 1.09 bits per heavy atom. The number of aromatic nitrogens is 3. The minimum absolute atomic E-state index is 0.354. The number of hydrogen-bond donors (Lipinski definition) is 2. The quantitative estimate of drug-likeness (QED) is 0.389. The minimum Gasteiger partial charge on any atom is -0.478 e. The van der Waals surface area contributed by atoms with Gasteiger partial charge in [0.25, 0.3) is 0 Å². The number of carboxylic acids is 1. The van der Waals surface area contributed by atoms with E-state index in [1.54, 1.807) is 12.4 Å². The number of aromatic carboxylic acids is 1. The molecule has 2 N–H and O–H groups in total. The number of rotatable bonds is 8. The second-order valence-corrected chi connectivity index (χ2v) is 8.09. The number of carbonyl (C=O) groups is 1. The smallest absolute Gasteiger partial charge is 0.335 e. The van der Waals surface area contributed by atoms with Crippen molar-refractivity contribution < 1.29 is 9.90 Å². The molecule has 6 heteroatoms. The van der Waals surface area contributed by atoms with Gasteiger partial charge in [0.1, 0.15) is 12.1 Å². The van der Waals surface area contributed by atoms with Crippen molar-refractivity contribution in [2.45, 2.75) is 40.2 Å². The summed E-state index contributed by atoms with van der Waals surface area (Å²) in [6.45, 7) is 7.88. The van der Waals surface area contributed by atoms with Gasteiger partial charge in [-0.1, -0.05) is 31.5 Å². The zero-order chi connectivity index (χ0) is 22.7. The molecule has 4 rings (SSSR count). The summed E-state index contributed by atoms with van der Waals surface area (Å²) in [7, 11) is 0. The lowest BCUT2D eigenvalue weighted by Gasteiger charge is -2.12. The maximum Gasteiger partial charge on any atom is 0.335 e. The van der Waals surface area contributed by atoms with Gasteiger partial charge in [0.2, 0.25) is 0 Å². The number of aryl methyl sites for hydroxylation is 3. The second-order valence-electron chi connectivity index (χ2n) is 8.09. The first-order chi connectivity index (χ1) is 15.5. The number of nitrogens with one attached hydrogen (secondary N) is 1. The number of hydrogen-bond acceptors (Lipinski definition) is 4. The van der Waals surface area contributed by atoms with E-state index in [0.29, 0.717) is 5.56 Å². The van der Waals surface area contributed by atoms with Crippen molar-refractivity contribution in [1.29, 1.82) is 0 Å². The molecule has 32 heavy (non-hydrogen) atoms.